The highest BCUT2D eigenvalue weighted by Crippen LogP contribution is 2.11. The van der Waals surface area contributed by atoms with Crippen LogP contribution in [0.2, 0.25) is 0 Å². The maximum absolute atomic E-state index is 9.66. The third-order valence-corrected chi connectivity index (χ3v) is 2.65. The summed E-state index contributed by atoms with van der Waals surface area (Å²) in [6.07, 6.45) is 1.64. The lowest BCUT2D eigenvalue weighted by Gasteiger charge is -2.04. The molecule has 0 amide bonds. The third kappa shape index (κ3) is 4.37. The molecule has 0 fully saturated rings. The van der Waals surface area contributed by atoms with E-state index in [1.54, 1.807) is 0 Å². The van der Waals surface area contributed by atoms with Gasteiger partial charge in [0.2, 0.25) is 11.7 Å². The Morgan fingerprint density at radius 1 is 1.32 bits per heavy atom. The number of hydrogen-bond donors (Lipinski definition) is 1. The monoisotopic (exact) mass is 262 g/mol. The van der Waals surface area contributed by atoms with Crippen LogP contribution in [0, 0.1) is 0 Å². The molecule has 1 aromatic carbocycles. The Balaban J connectivity index is 1.84. The minimum atomic E-state index is -0.423. The second-order valence-electron chi connectivity index (χ2n) is 4.35. The van der Waals surface area contributed by atoms with Gasteiger partial charge in [0.1, 0.15) is 5.75 Å². The van der Waals surface area contributed by atoms with E-state index in [0.29, 0.717) is 18.1 Å². The fourth-order valence-electron chi connectivity index (χ4n) is 1.73. The molecule has 2 rings (SSSR count). The van der Waals surface area contributed by atoms with Crippen LogP contribution >= 0.6 is 0 Å². The van der Waals surface area contributed by atoms with Crippen molar-refractivity contribution in [2.75, 3.05) is 0 Å². The van der Waals surface area contributed by atoms with E-state index in [9.17, 15) is 5.11 Å². The topological polar surface area (TPSA) is 68.4 Å². The average Bonchev–Trinajstić information content (AvgIpc) is 2.85. The van der Waals surface area contributed by atoms with Crippen molar-refractivity contribution in [2.45, 2.75) is 38.9 Å². The van der Waals surface area contributed by atoms with Crippen molar-refractivity contribution in [3.8, 4) is 5.75 Å². The molecule has 0 bridgehead atoms. The fourth-order valence-corrected chi connectivity index (χ4v) is 1.73. The second-order valence-corrected chi connectivity index (χ2v) is 4.35. The molecule has 0 aliphatic heterocycles. The molecule has 5 nitrogen and oxygen atoms in total. The zero-order chi connectivity index (χ0) is 13.5. The molecule has 1 unspecified atom stereocenters. The van der Waals surface area contributed by atoms with Crippen LogP contribution < -0.4 is 4.74 Å². The molecule has 0 spiro atoms. The van der Waals surface area contributed by atoms with E-state index in [4.69, 9.17) is 9.26 Å². The average molecular weight is 262 g/mol. The van der Waals surface area contributed by atoms with E-state index in [2.05, 4.69) is 10.1 Å². The van der Waals surface area contributed by atoms with E-state index < -0.39 is 6.10 Å². The molecule has 0 aliphatic carbocycles. The van der Waals surface area contributed by atoms with Gasteiger partial charge in [0, 0.05) is 0 Å². The lowest BCUT2D eigenvalue weighted by atomic mass is 10.1. The maximum atomic E-state index is 9.66. The van der Waals surface area contributed by atoms with Crippen molar-refractivity contribution in [2.24, 2.45) is 0 Å². The van der Waals surface area contributed by atoms with E-state index in [1.807, 2.05) is 37.3 Å². The molecule has 0 aliphatic rings. The molecule has 0 saturated heterocycles. The number of aliphatic hydroxyl groups is 1. The highest BCUT2D eigenvalue weighted by atomic mass is 16.5. The number of hydrogen-bond acceptors (Lipinski definition) is 5. The largest absolute Gasteiger partial charge is 0.485 e. The molecule has 19 heavy (non-hydrogen) atoms. The molecule has 1 atom stereocenters. The van der Waals surface area contributed by atoms with Crippen LogP contribution in [0.1, 0.15) is 31.5 Å². The predicted molar refractivity (Wildman–Crippen MR) is 69.7 cm³/mol. The molecule has 1 N–H and O–H groups in total. The normalized spacial score (nSPS) is 12.3. The smallest absolute Gasteiger partial charge is 0.229 e. The summed E-state index contributed by atoms with van der Waals surface area (Å²) in [7, 11) is 0. The van der Waals surface area contributed by atoms with Crippen molar-refractivity contribution in [3.05, 3.63) is 42.0 Å². The zero-order valence-corrected chi connectivity index (χ0v) is 11.0. The summed E-state index contributed by atoms with van der Waals surface area (Å²) >= 11 is 0. The van der Waals surface area contributed by atoms with Crippen LogP contribution in [0.4, 0.5) is 0 Å². The first-order valence-corrected chi connectivity index (χ1v) is 6.45. The molecule has 1 heterocycles. The van der Waals surface area contributed by atoms with E-state index in [-0.39, 0.29) is 6.61 Å². The predicted octanol–water partition coefficient (Wildman–Crippen LogP) is 2.35. The first-order valence-electron chi connectivity index (χ1n) is 6.45. The highest BCUT2D eigenvalue weighted by Gasteiger charge is 2.11. The summed E-state index contributed by atoms with van der Waals surface area (Å²) in [5.41, 5.74) is 0. The van der Waals surface area contributed by atoms with Gasteiger partial charge < -0.3 is 14.4 Å². The van der Waals surface area contributed by atoms with Gasteiger partial charge in [-0.05, 0) is 18.6 Å². The van der Waals surface area contributed by atoms with Crippen LogP contribution in [0.5, 0.6) is 5.75 Å². The third-order valence-electron chi connectivity index (χ3n) is 2.65. The van der Waals surface area contributed by atoms with Crippen LogP contribution in [0.3, 0.4) is 0 Å². The second kappa shape index (κ2) is 6.89. The minimum absolute atomic E-state index is 0.261. The number of benzene rings is 1. The van der Waals surface area contributed by atoms with E-state index in [0.717, 1.165) is 18.6 Å². The zero-order valence-electron chi connectivity index (χ0n) is 11.0. The van der Waals surface area contributed by atoms with Gasteiger partial charge in [-0.1, -0.05) is 36.7 Å². The Morgan fingerprint density at radius 2 is 2.11 bits per heavy atom. The summed E-state index contributed by atoms with van der Waals surface area (Å²) < 4.78 is 10.6. The fraction of sp³-hybridized carbons (Fsp3) is 0.429. The molecular formula is C14H18N2O3. The number of aliphatic hydroxyl groups excluding tert-OH is 1. The van der Waals surface area contributed by atoms with Crippen molar-refractivity contribution < 1.29 is 14.4 Å². The summed E-state index contributed by atoms with van der Waals surface area (Å²) in [4.78, 5) is 4.18. The first kappa shape index (κ1) is 13.5. The summed E-state index contributed by atoms with van der Waals surface area (Å²) in [6, 6.07) is 9.46. The number of rotatable bonds is 7. The van der Waals surface area contributed by atoms with Gasteiger partial charge in [-0.25, -0.2) is 0 Å². The number of ether oxygens (including phenoxy) is 1. The van der Waals surface area contributed by atoms with Crippen molar-refractivity contribution in [1.82, 2.24) is 10.1 Å². The van der Waals surface area contributed by atoms with Gasteiger partial charge in [-0.3, -0.25) is 0 Å². The number of aromatic nitrogens is 2. The lowest BCUT2D eigenvalue weighted by molar-refractivity contribution is 0.151. The Bertz CT molecular complexity index is 484. The molecule has 102 valence electrons. The van der Waals surface area contributed by atoms with Crippen molar-refractivity contribution in [3.63, 3.8) is 0 Å². The number of nitrogens with zero attached hydrogens (tertiary/aromatic N) is 2. The Kier molecular flexibility index (Phi) is 4.92. The summed E-state index contributed by atoms with van der Waals surface area (Å²) in [5, 5.41) is 13.5. The van der Waals surface area contributed by atoms with Crippen molar-refractivity contribution in [1.29, 1.82) is 0 Å². The standard InChI is InChI=1S/C14H18N2O3/c1-2-6-11(17)9-14-15-13(16-19-14)10-18-12-7-4-3-5-8-12/h3-5,7-8,11,17H,2,6,9-10H2,1H3. The molecule has 5 heteroatoms. The van der Waals surface area contributed by atoms with Gasteiger partial charge in [0.25, 0.3) is 0 Å². The van der Waals surface area contributed by atoms with Gasteiger partial charge in [-0.15, -0.1) is 0 Å². The van der Waals surface area contributed by atoms with Gasteiger partial charge in [0.05, 0.1) is 12.5 Å². The van der Waals surface area contributed by atoms with Crippen molar-refractivity contribution >= 4 is 0 Å². The van der Waals surface area contributed by atoms with E-state index >= 15 is 0 Å². The maximum Gasteiger partial charge on any atom is 0.229 e. The van der Waals surface area contributed by atoms with Crippen LogP contribution in [0.25, 0.3) is 0 Å². The van der Waals surface area contributed by atoms with Gasteiger partial charge in [-0.2, -0.15) is 4.98 Å². The Morgan fingerprint density at radius 3 is 2.84 bits per heavy atom. The summed E-state index contributed by atoms with van der Waals surface area (Å²) in [6.45, 7) is 2.29. The molecule has 1 aromatic heterocycles. The number of para-hydroxylation sites is 1. The lowest BCUT2D eigenvalue weighted by Crippen LogP contribution is -2.10. The van der Waals surface area contributed by atoms with Gasteiger partial charge in [0.15, 0.2) is 6.61 Å². The summed E-state index contributed by atoms with van der Waals surface area (Å²) in [5.74, 6) is 1.70. The minimum Gasteiger partial charge on any atom is -0.485 e. The van der Waals surface area contributed by atoms with Crippen LogP contribution in [0.15, 0.2) is 34.9 Å². The Hall–Kier alpha value is -1.88. The van der Waals surface area contributed by atoms with Crippen LogP contribution in [-0.2, 0) is 13.0 Å². The molecule has 0 saturated carbocycles. The van der Waals surface area contributed by atoms with E-state index in [1.165, 1.54) is 0 Å². The first-order chi connectivity index (χ1) is 9.28. The Labute approximate surface area is 112 Å². The van der Waals surface area contributed by atoms with Gasteiger partial charge >= 0.3 is 0 Å². The quantitative estimate of drug-likeness (QED) is 0.829. The highest BCUT2D eigenvalue weighted by molar-refractivity contribution is 5.20. The van der Waals surface area contributed by atoms with Crippen LogP contribution in [-0.4, -0.2) is 21.4 Å². The molecular weight excluding hydrogens is 244 g/mol. The molecule has 2 aromatic rings. The molecule has 0 radical (unpaired) electrons. The SMILES string of the molecule is CCCC(O)Cc1nc(COc2ccccc2)no1.